The number of aromatic hydroxyl groups is 3. The molecule has 2 aliphatic rings. The van der Waals surface area contributed by atoms with Crippen LogP contribution in [0.1, 0.15) is 37.5 Å². The fourth-order valence-corrected chi connectivity index (χ4v) is 7.04. The number of hydrogen-bond donors (Lipinski definition) is 5. The summed E-state index contributed by atoms with van der Waals surface area (Å²) in [5.41, 5.74) is 1.09. The van der Waals surface area contributed by atoms with Crippen molar-refractivity contribution >= 4 is 54.0 Å². The average Bonchev–Trinajstić information content (AvgIpc) is 3.58. The minimum Gasteiger partial charge on any atom is -0.504 e. The molecule has 5 rings (SSSR count). The van der Waals surface area contributed by atoms with Crippen LogP contribution in [0.3, 0.4) is 0 Å². The molecule has 71 heavy (non-hydrogen) atoms. The molecule has 0 spiro atoms. The van der Waals surface area contributed by atoms with E-state index in [4.69, 9.17) is 56.8 Å². The van der Waals surface area contributed by atoms with E-state index in [1.807, 2.05) is 0 Å². The normalized spacial score (nSPS) is 24.0. The van der Waals surface area contributed by atoms with Crippen LogP contribution in [0, 0.1) is 0 Å². The van der Waals surface area contributed by atoms with Crippen molar-refractivity contribution in [3.8, 4) is 34.5 Å². The van der Waals surface area contributed by atoms with Gasteiger partial charge in [0.25, 0.3) is 0 Å². The molecule has 0 aliphatic carbocycles. The van der Waals surface area contributed by atoms with Crippen LogP contribution < -0.4 is 14.2 Å². The lowest BCUT2D eigenvalue weighted by molar-refractivity contribution is -0.384. The summed E-state index contributed by atoms with van der Waals surface area (Å²) in [6.07, 6.45) is -8.48. The molecule has 0 saturated carbocycles. The summed E-state index contributed by atoms with van der Waals surface area (Å²) in [5.74, 6) is -9.16. The molecular formula is C48H52O23. The smallest absolute Gasteiger partial charge is 0.331 e. The van der Waals surface area contributed by atoms with Gasteiger partial charge in [-0.15, -0.1) is 0 Å². The molecule has 5 N–H and O–H groups in total. The van der Waals surface area contributed by atoms with Gasteiger partial charge in [-0.1, -0.05) is 18.2 Å². The SMILES string of the molecule is COc1cc(/C=C/C(=O)OC[C@H]2O[C@@](COC(=O)/C=C/c3ccc(O)c(OC)c3)(O[C@H]3O[C@H](COC(C)=O)[C@@H](OC(C)=O)[C@H](O)[C@H]3OC(C)=O)[C@@H](OC(=O)/C=C/c3ccc(O)c(OC)c3)[C@@H]2O)ccc1O. The third-order valence-electron chi connectivity index (χ3n) is 10.4. The molecule has 3 aromatic carbocycles. The Hall–Kier alpha value is -7.70. The van der Waals surface area contributed by atoms with E-state index in [2.05, 4.69) is 0 Å². The zero-order valence-electron chi connectivity index (χ0n) is 39.0. The second-order valence-corrected chi connectivity index (χ2v) is 15.4. The first-order valence-electron chi connectivity index (χ1n) is 21.3. The second kappa shape index (κ2) is 24.7. The van der Waals surface area contributed by atoms with Gasteiger partial charge in [0.1, 0.15) is 44.2 Å². The molecule has 23 nitrogen and oxygen atoms in total. The van der Waals surface area contributed by atoms with Gasteiger partial charge < -0.3 is 82.4 Å². The summed E-state index contributed by atoms with van der Waals surface area (Å²) in [7, 11) is 3.94. The van der Waals surface area contributed by atoms with Gasteiger partial charge in [0.15, 0.2) is 52.8 Å². The van der Waals surface area contributed by atoms with E-state index in [9.17, 15) is 54.3 Å². The van der Waals surface area contributed by atoms with E-state index in [1.165, 1.54) is 94.2 Å². The van der Waals surface area contributed by atoms with Crippen LogP contribution >= 0.6 is 0 Å². The third kappa shape index (κ3) is 14.7. The monoisotopic (exact) mass is 996 g/mol. The highest BCUT2D eigenvalue weighted by Crippen LogP contribution is 2.40. The maximum absolute atomic E-state index is 13.7. The van der Waals surface area contributed by atoms with Gasteiger partial charge in [0, 0.05) is 39.0 Å². The van der Waals surface area contributed by atoms with Crippen molar-refractivity contribution < 1.29 is 111 Å². The van der Waals surface area contributed by atoms with Gasteiger partial charge in [0.05, 0.1) is 21.3 Å². The van der Waals surface area contributed by atoms with Crippen molar-refractivity contribution in [1.29, 1.82) is 0 Å². The van der Waals surface area contributed by atoms with Crippen LogP contribution in [0.5, 0.6) is 34.5 Å². The molecule has 0 amide bonds. The summed E-state index contributed by atoms with van der Waals surface area (Å²) in [6, 6.07) is 12.5. The maximum atomic E-state index is 13.7. The van der Waals surface area contributed by atoms with Crippen LogP contribution in [-0.2, 0) is 71.4 Å². The number of esters is 6. The third-order valence-corrected chi connectivity index (χ3v) is 10.4. The quantitative estimate of drug-likeness (QED) is 0.0616. The number of ether oxygens (including phenoxy) is 12. The number of methoxy groups -OCH3 is 3. The van der Waals surface area contributed by atoms with Crippen LogP contribution in [0.15, 0.2) is 72.8 Å². The lowest BCUT2D eigenvalue weighted by atomic mass is 9.98. The molecule has 0 bridgehead atoms. The lowest BCUT2D eigenvalue weighted by Gasteiger charge is -2.45. The Morgan fingerprint density at radius 3 is 1.48 bits per heavy atom. The minimum absolute atomic E-state index is 0.0583. The first-order chi connectivity index (χ1) is 33.8. The van der Waals surface area contributed by atoms with Crippen LogP contribution in [0.25, 0.3) is 18.2 Å². The van der Waals surface area contributed by atoms with Gasteiger partial charge in [-0.3, -0.25) is 14.4 Å². The van der Waals surface area contributed by atoms with E-state index in [0.717, 1.165) is 39.0 Å². The van der Waals surface area contributed by atoms with Crippen LogP contribution in [-0.4, -0.2) is 157 Å². The number of benzene rings is 3. The first-order valence-corrected chi connectivity index (χ1v) is 21.3. The Bertz CT molecular complexity index is 2500. The standard InChI is InChI=1S/C48H52O23/c1-25(49)63-23-38-44(66-26(2)50)43(59)45(67-27(3)51)47(68-38)71-48(24-65-40(56)17-11-29-8-14-32(53)35(20-29)61-5)46(69-41(57)18-12-30-9-15-33(54)36(21-30)62-6)42(58)37(70-48)22-64-39(55)16-10-28-7-13-31(52)34(19-28)60-4/h7-21,37-38,42-47,52-54,58-59H,22-24H2,1-6H3/b16-10+,17-11+,18-12+/t37-,38-,42-,43+,44-,45-,46+,47-,48+/m1/s1. The Kier molecular flexibility index (Phi) is 18.9. The van der Waals surface area contributed by atoms with Crippen molar-refractivity contribution in [2.24, 2.45) is 0 Å². The topological polar surface area (TPSA) is 314 Å². The second-order valence-electron chi connectivity index (χ2n) is 15.4. The highest BCUT2D eigenvalue weighted by molar-refractivity contribution is 5.88. The van der Waals surface area contributed by atoms with E-state index < -0.39 is 110 Å². The molecule has 23 heteroatoms. The molecule has 2 aliphatic heterocycles. The number of phenols is 3. The number of aliphatic hydroxyl groups excluding tert-OH is 2. The van der Waals surface area contributed by atoms with Gasteiger partial charge in [-0.05, 0) is 71.3 Å². The summed E-state index contributed by atoms with van der Waals surface area (Å²) in [4.78, 5) is 77.0. The fourth-order valence-electron chi connectivity index (χ4n) is 7.04. The molecular weight excluding hydrogens is 945 g/mol. The first kappa shape index (κ1) is 54.2. The maximum Gasteiger partial charge on any atom is 0.331 e. The molecule has 382 valence electrons. The highest BCUT2D eigenvalue weighted by Gasteiger charge is 2.63. The average molecular weight is 997 g/mol. The fraction of sp³-hybridized carbons (Fsp3) is 0.375. The predicted octanol–water partition coefficient (Wildman–Crippen LogP) is 2.25. The number of phenolic OH excluding ortho intramolecular Hbond substituents is 3. The van der Waals surface area contributed by atoms with Crippen LogP contribution in [0.2, 0.25) is 0 Å². The zero-order chi connectivity index (χ0) is 52.0. The molecule has 2 saturated heterocycles. The molecule has 3 aromatic rings. The van der Waals surface area contributed by atoms with E-state index >= 15 is 0 Å². The van der Waals surface area contributed by atoms with Gasteiger partial charge in [-0.25, -0.2) is 14.4 Å². The Labute approximate surface area is 405 Å². The van der Waals surface area contributed by atoms with Gasteiger partial charge in [0.2, 0.25) is 12.1 Å². The van der Waals surface area contributed by atoms with E-state index in [0.29, 0.717) is 16.7 Å². The molecule has 0 radical (unpaired) electrons. The van der Waals surface area contributed by atoms with Crippen molar-refractivity contribution in [3.05, 3.63) is 89.5 Å². The Balaban J connectivity index is 1.56. The van der Waals surface area contributed by atoms with Gasteiger partial charge in [-0.2, -0.15) is 0 Å². The van der Waals surface area contributed by atoms with Crippen molar-refractivity contribution in [2.45, 2.75) is 75.6 Å². The molecule has 0 aromatic heterocycles. The minimum atomic E-state index is -2.77. The highest BCUT2D eigenvalue weighted by atomic mass is 16.8. The molecule has 0 unspecified atom stereocenters. The number of carbonyl (C=O) groups excluding carboxylic acids is 6. The number of aliphatic hydroxyl groups is 2. The zero-order valence-corrected chi connectivity index (χ0v) is 39.0. The van der Waals surface area contributed by atoms with Crippen molar-refractivity contribution in [1.82, 2.24) is 0 Å². The predicted molar refractivity (Wildman–Crippen MR) is 240 cm³/mol. The molecule has 2 fully saturated rings. The number of rotatable bonds is 20. The largest absolute Gasteiger partial charge is 0.504 e. The summed E-state index contributed by atoms with van der Waals surface area (Å²) in [6.45, 7) is 0.383. The van der Waals surface area contributed by atoms with Crippen molar-refractivity contribution in [2.75, 3.05) is 41.2 Å². The Morgan fingerprint density at radius 2 is 1.01 bits per heavy atom. The number of hydrogen-bond acceptors (Lipinski definition) is 23. The Morgan fingerprint density at radius 1 is 0.563 bits per heavy atom. The molecule has 2 heterocycles. The summed E-state index contributed by atoms with van der Waals surface area (Å²) < 4.78 is 66.5. The lowest BCUT2D eigenvalue weighted by Crippen LogP contribution is -2.65. The van der Waals surface area contributed by atoms with E-state index in [-0.39, 0.29) is 34.5 Å². The van der Waals surface area contributed by atoms with Gasteiger partial charge >= 0.3 is 35.8 Å². The van der Waals surface area contributed by atoms with Crippen molar-refractivity contribution in [3.63, 3.8) is 0 Å². The summed E-state index contributed by atoms with van der Waals surface area (Å²) in [5, 5.41) is 53.6. The van der Waals surface area contributed by atoms with Crippen LogP contribution in [0.4, 0.5) is 0 Å². The molecule has 9 atom stereocenters. The summed E-state index contributed by atoms with van der Waals surface area (Å²) >= 11 is 0. The van der Waals surface area contributed by atoms with E-state index in [1.54, 1.807) is 0 Å². The number of carbonyl (C=O) groups is 6.